The molecule has 1 fully saturated rings. The van der Waals surface area contributed by atoms with Crippen molar-refractivity contribution in [2.24, 2.45) is 4.99 Å². The quantitative estimate of drug-likeness (QED) is 0.376. The average molecular weight is 423 g/mol. The molecular formula is C21H24Cl2N2O3. The van der Waals surface area contributed by atoms with Gasteiger partial charge in [-0.2, -0.15) is 0 Å². The van der Waals surface area contributed by atoms with Crippen LogP contribution in [0.2, 0.25) is 5.02 Å². The molecular weight excluding hydrogens is 399 g/mol. The third kappa shape index (κ3) is 6.51. The fraction of sp³-hybridized carbons (Fsp3) is 0.333. The topological polar surface area (TPSA) is 51.1 Å². The lowest BCUT2D eigenvalue weighted by atomic mass is 10.1. The van der Waals surface area contributed by atoms with Gasteiger partial charge in [-0.1, -0.05) is 18.0 Å². The smallest absolute Gasteiger partial charge is 0.325 e. The van der Waals surface area contributed by atoms with Crippen molar-refractivity contribution in [3.63, 3.8) is 0 Å². The number of carbonyl (C=O) groups is 1. The zero-order valence-electron chi connectivity index (χ0n) is 15.8. The molecule has 0 aromatic heterocycles. The molecule has 1 heterocycles. The van der Waals surface area contributed by atoms with Crippen LogP contribution in [0.3, 0.4) is 0 Å². The summed E-state index contributed by atoms with van der Waals surface area (Å²) in [6.07, 6.45) is 5.24. The number of hydrogen-bond donors (Lipinski definition) is 0. The molecule has 7 heteroatoms. The molecule has 0 spiro atoms. The maximum atomic E-state index is 12.2. The summed E-state index contributed by atoms with van der Waals surface area (Å²) in [5.74, 6) is 0.656. The van der Waals surface area contributed by atoms with Gasteiger partial charge in [-0.15, -0.1) is 12.4 Å². The highest BCUT2D eigenvalue weighted by molar-refractivity contribution is 6.30. The van der Waals surface area contributed by atoms with E-state index in [0.717, 1.165) is 37.2 Å². The Balaban J connectivity index is 0.00000280. The van der Waals surface area contributed by atoms with Gasteiger partial charge in [0.2, 0.25) is 0 Å². The second-order valence-electron chi connectivity index (χ2n) is 6.46. The van der Waals surface area contributed by atoms with Crippen LogP contribution in [0.5, 0.6) is 11.5 Å². The number of methoxy groups -OCH3 is 1. The number of hydrogen-bond acceptors (Lipinski definition) is 5. The van der Waals surface area contributed by atoms with Crippen LogP contribution >= 0.6 is 24.0 Å². The summed E-state index contributed by atoms with van der Waals surface area (Å²) in [7, 11) is 1.55. The molecule has 3 rings (SSSR count). The molecule has 1 aliphatic heterocycles. The van der Waals surface area contributed by atoms with E-state index < -0.39 is 0 Å². The number of rotatable bonds is 6. The van der Waals surface area contributed by atoms with Crippen LogP contribution in [-0.2, 0) is 4.79 Å². The van der Waals surface area contributed by atoms with Gasteiger partial charge in [0.1, 0.15) is 0 Å². The second kappa shape index (κ2) is 11.1. The molecule has 0 radical (unpaired) electrons. The van der Waals surface area contributed by atoms with Crippen LogP contribution in [0.15, 0.2) is 47.5 Å². The Kier molecular flexibility index (Phi) is 8.77. The summed E-state index contributed by atoms with van der Waals surface area (Å²) in [6, 6.07) is 12.6. The van der Waals surface area contributed by atoms with Gasteiger partial charge in [0.25, 0.3) is 0 Å². The standard InChI is InChI=1S/C21H23ClN2O3.ClH/c1-26-20-13-16(14-23-18-8-6-17(22)7-9-18)5-10-19(20)27-21(25)15-24-11-3-2-4-12-24;/h5-10,13-14H,2-4,11-12,15H2,1H3;1H. The fourth-order valence-electron chi connectivity index (χ4n) is 2.98. The molecule has 0 atom stereocenters. The highest BCUT2D eigenvalue weighted by Gasteiger charge is 2.16. The minimum absolute atomic E-state index is 0. The van der Waals surface area contributed by atoms with Gasteiger partial charge in [-0.3, -0.25) is 14.7 Å². The van der Waals surface area contributed by atoms with Crippen molar-refractivity contribution < 1.29 is 14.3 Å². The highest BCUT2D eigenvalue weighted by atomic mass is 35.5. The molecule has 0 aliphatic carbocycles. The predicted octanol–water partition coefficient (Wildman–Crippen LogP) is 4.91. The van der Waals surface area contributed by atoms with Gasteiger partial charge in [0.05, 0.1) is 19.3 Å². The van der Waals surface area contributed by atoms with Gasteiger partial charge in [0, 0.05) is 11.2 Å². The van der Waals surface area contributed by atoms with Crippen molar-refractivity contribution in [2.75, 3.05) is 26.7 Å². The largest absolute Gasteiger partial charge is 0.493 e. The highest BCUT2D eigenvalue weighted by Crippen LogP contribution is 2.28. The lowest BCUT2D eigenvalue weighted by Gasteiger charge is -2.25. The van der Waals surface area contributed by atoms with Gasteiger partial charge in [-0.05, 0) is 74.0 Å². The summed E-state index contributed by atoms with van der Waals surface area (Å²) >= 11 is 5.88. The van der Waals surface area contributed by atoms with Crippen LogP contribution in [0.25, 0.3) is 0 Å². The number of esters is 1. The maximum Gasteiger partial charge on any atom is 0.325 e. The molecule has 150 valence electrons. The van der Waals surface area contributed by atoms with E-state index in [1.54, 1.807) is 37.6 Å². The first-order valence-electron chi connectivity index (χ1n) is 9.05. The average Bonchev–Trinajstić information content (AvgIpc) is 2.69. The monoisotopic (exact) mass is 422 g/mol. The van der Waals surface area contributed by atoms with E-state index in [-0.39, 0.29) is 18.4 Å². The van der Waals surface area contributed by atoms with E-state index >= 15 is 0 Å². The third-order valence-corrected chi connectivity index (χ3v) is 4.65. The molecule has 5 nitrogen and oxygen atoms in total. The zero-order chi connectivity index (χ0) is 19.1. The summed E-state index contributed by atoms with van der Waals surface area (Å²) in [5.41, 5.74) is 1.65. The Hall–Kier alpha value is -2.08. The fourth-order valence-corrected chi connectivity index (χ4v) is 3.11. The molecule has 0 amide bonds. The summed E-state index contributed by atoms with van der Waals surface area (Å²) in [6.45, 7) is 2.21. The first kappa shape index (κ1) is 22.2. The van der Waals surface area contributed by atoms with E-state index in [1.165, 1.54) is 6.42 Å². The van der Waals surface area contributed by atoms with Crippen molar-refractivity contribution in [3.05, 3.63) is 53.1 Å². The molecule has 2 aromatic rings. The number of carbonyl (C=O) groups excluding carboxylic acids is 1. The molecule has 0 N–H and O–H groups in total. The van der Waals surface area contributed by atoms with Gasteiger partial charge in [0.15, 0.2) is 11.5 Å². The van der Waals surface area contributed by atoms with Gasteiger partial charge < -0.3 is 9.47 Å². The number of nitrogens with zero attached hydrogens (tertiary/aromatic N) is 2. The van der Waals surface area contributed by atoms with Crippen LogP contribution in [0.1, 0.15) is 24.8 Å². The first-order chi connectivity index (χ1) is 13.1. The van der Waals surface area contributed by atoms with Crippen molar-refractivity contribution >= 4 is 41.9 Å². The molecule has 0 unspecified atom stereocenters. The number of ether oxygens (including phenoxy) is 2. The summed E-state index contributed by atoms with van der Waals surface area (Å²) in [5, 5.41) is 0.673. The minimum atomic E-state index is -0.266. The van der Waals surface area contributed by atoms with Crippen molar-refractivity contribution in [1.29, 1.82) is 0 Å². The normalized spacial score (nSPS) is 14.5. The summed E-state index contributed by atoms with van der Waals surface area (Å²) < 4.78 is 10.9. The Bertz CT molecular complexity index is 804. The third-order valence-electron chi connectivity index (χ3n) is 4.40. The molecule has 0 bridgehead atoms. The minimum Gasteiger partial charge on any atom is -0.493 e. The van der Waals surface area contributed by atoms with Crippen LogP contribution in [0.4, 0.5) is 5.69 Å². The van der Waals surface area contributed by atoms with E-state index in [1.807, 2.05) is 18.2 Å². The number of halogens is 2. The van der Waals surface area contributed by atoms with Crippen LogP contribution in [0, 0.1) is 0 Å². The van der Waals surface area contributed by atoms with Crippen molar-refractivity contribution in [1.82, 2.24) is 4.90 Å². The SMILES string of the molecule is COc1cc(C=Nc2ccc(Cl)cc2)ccc1OC(=O)CN1CCCCC1.Cl. The Labute approximate surface area is 176 Å². The Morgan fingerprint density at radius 3 is 2.50 bits per heavy atom. The van der Waals surface area contributed by atoms with Gasteiger partial charge >= 0.3 is 5.97 Å². The number of aliphatic imine (C=N–C) groups is 1. The van der Waals surface area contributed by atoms with Crippen molar-refractivity contribution in [2.45, 2.75) is 19.3 Å². The van der Waals surface area contributed by atoms with E-state index in [2.05, 4.69) is 9.89 Å². The number of likely N-dealkylation sites (tertiary alicyclic amines) is 1. The van der Waals surface area contributed by atoms with Crippen LogP contribution in [-0.4, -0.2) is 43.8 Å². The number of piperidine rings is 1. The lowest BCUT2D eigenvalue weighted by molar-refractivity contribution is -0.136. The molecule has 28 heavy (non-hydrogen) atoms. The van der Waals surface area contributed by atoms with Gasteiger partial charge in [-0.25, -0.2) is 0 Å². The first-order valence-corrected chi connectivity index (χ1v) is 9.42. The van der Waals surface area contributed by atoms with E-state index in [9.17, 15) is 4.79 Å². The van der Waals surface area contributed by atoms with Crippen LogP contribution < -0.4 is 9.47 Å². The molecule has 2 aromatic carbocycles. The van der Waals surface area contributed by atoms with E-state index in [4.69, 9.17) is 21.1 Å². The molecule has 1 aliphatic rings. The predicted molar refractivity (Wildman–Crippen MR) is 115 cm³/mol. The van der Waals surface area contributed by atoms with E-state index in [0.29, 0.717) is 23.1 Å². The lowest BCUT2D eigenvalue weighted by Crippen LogP contribution is -2.36. The summed E-state index contributed by atoms with van der Waals surface area (Å²) in [4.78, 5) is 18.8. The Morgan fingerprint density at radius 1 is 1.11 bits per heavy atom. The molecule has 0 saturated carbocycles. The zero-order valence-corrected chi connectivity index (χ0v) is 17.3. The second-order valence-corrected chi connectivity index (χ2v) is 6.89. The Morgan fingerprint density at radius 2 is 1.82 bits per heavy atom. The molecule has 1 saturated heterocycles. The van der Waals surface area contributed by atoms with Crippen molar-refractivity contribution in [3.8, 4) is 11.5 Å². The maximum absolute atomic E-state index is 12.2. The number of benzene rings is 2.